The summed E-state index contributed by atoms with van der Waals surface area (Å²) < 4.78 is 5.43. The summed E-state index contributed by atoms with van der Waals surface area (Å²) in [7, 11) is 0. The Balaban J connectivity index is 1.57. The fourth-order valence-corrected chi connectivity index (χ4v) is 3.70. The topological polar surface area (TPSA) is 116 Å². The number of aliphatic imine (C=N–C) groups is 1. The van der Waals surface area contributed by atoms with Crippen molar-refractivity contribution in [1.29, 1.82) is 0 Å². The van der Waals surface area contributed by atoms with Gasteiger partial charge in [-0.05, 0) is 48.6 Å². The molecule has 0 radical (unpaired) electrons. The predicted octanol–water partition coefficient (Wildman–Crippen LogP) is 3.24. The summed E-state index contributed by atoms with van der Waals surface area (Å²) >= 11 is 0. The number of carbonyl (C=O) groups is 1. The molecule has 0 aliphatic carbocycles. The molecule has 1 aromatic carbocycles. The number of amides is 1. The molecule has 1 aliphatic rings. The van der Waals surface area contributed by atoms with E-state index in [-0.39, 0.29) is 17.5 Å². The summed E-state index contributed by atoms with van der Waals surface area (Å²) in [5, 5.41) is 19.9. The number of hydrogen-bond donors (Lipinski definition) is 3. The number of aromatic amines is 1. The van der Waals surface area contributed by atoms with Crippen LogP contribution in [0.15, 0.2) is 59.4 Å². The van der Waals surface area contributed by atoms with Gasteiger partial charge in [-0.25, -0.2) is 4.98 Å². The van der Waals surface area contributed by atoms with Crippen molar-refractivity contribution in [2.45, 2.75) is 6.92 Å². The molecule has 0 bridgehead atoms. The summed E-state index contributed by atoms with van der Waals surface area (Å²) in [6.07, 6.45) is 5.25. The van der Waals surface area contributed by atoms with Crippen molar-refractivity contribution in [3.05, 3.63) is 65.6 Å². The number of pyridine rings is 1. The summed E-state index contributed by atoms with van der Waals surface area (Å²) in [4.78, 5) is 22.9. The highest BCUT2D eigenvalue weighted by Crippen LogP contribution is 2.24. The quantitative estimate of drug-likeness (QED) is 0.379. The van der Waals surface area contributed by atoms with Gasteiger partial charge in [-0.1, -0.05) is 12.1 Å². The van der Waals surface area contributed by atoms with Crippen LogP contribution in [0.1, 0.15) is 23.0 Å². The Kier molecular flexibility index (Phi) is 6.92. The van der Waals surface area contributed by atoms with Crippen LogP contribution < -0.4 is 5.32 Å². The minimum atomic E-state index is -0.365. The summed E-state index contributed by atoms with van der Waals surface area (Å²) in [5.41, 5.74) is 4.57. The van der Waals surface area contributed by atoms with E-state index in [2.05, 4.69) is 43.2 Å². The maximum Gasteiger partial charge on any atom is 0.276 e. The fraction of sp³-hybridized carbons (Fsp3) is 0.250. The van der Waals surface area contributed by atoms with Gasteiger partial charge in [-0.3, -0.25) is 19.8 Å². The van der Waals surface area contributed by atoms with Crippen LogP contribution in [0.4, 0.5) is 5.69 Å². The molecule has 1 aliphatic heterocycles. The Bertz CT molecular complexity index is 1210. The smallest absolute Gasteiger partial charge is 0.276 e. The van der Waals surface area contributed by atoms with E-state index in [0.717, 1.165) is 55.1 Å². The largest absolute Gasteiger partial charge is 0.493 e. The number of rotatable bonds is 7. The van der Waals surface area contributed by atoms with Gasteiger partial charge in [0.25, 0.3) is 5.91 Å². The Hall–Kier alpha value is -3.82. The number of ether oxygens (including phenoxy) is 1. The molecule has 2 aromatic heterocycles. The molecular formula is C24H26N6O3. The first-order chi connectivity index (χ1) is 16.0. The molecule has 0 spiro atoms. The fourth-order valence-electron chi connectivity index (χ4n) is 3.70. The molecule has 1 amide bonds. The summed E-state index contributed by atoms with van der Waals surface area (Å²) in [6.45, 7) is 9.64. The van der Waals surface area contributed by atoms with E-state index in [0.29, 0.717) is 11.1 Å². The Morgan fingerprint density at radius 2 is 2.15 bits per heavy atom. The number of fused-ring (bicyclic) bond motifs is 1. The Morgan fingerprint density at radius 1 is 1.33 bits per heavy atom. The van der Waals surface area contributed by atoms with E-state index in [1.165, 1.54) is 12.3 Å². The Morgan fingerprint density at radius 3 is 2.88 bits per heavy atom. The predicted molar refractivity (Wildman–Crippen MR) is 128 cm³/mol. The van der Waals surface area contributed by atoms with Crippen molar-refractivity contribution in [2.24, 2.45) is 4.99 Å². The van der Waals surface area contributed by atoms with Crippen LogP contribution in [-0.2, 0) is 4.74 Å². The molecule has 0 atom stereocenters. The van der Waals surface area contributed by atoms with Crippen molar-refractivity contribution in [3.63, 3.8) is 0 Å². The van der Waals surface area contributed by atoms with Crippen LogP contribution in [0.5, 0.6) is 5.88 Å². The van der Waals surface area contributed by atoms with Crippen molar-refractivity contribution in [3.8, 4) is 5.88 Å². The highest BCUT2D eigenvalue weighted by Gasteiger charge is 2.16. The maximum atomic E-state index is 12.8. The molecule has 9 heteroatoms. The number of aromatic nitrogens is 3. The van der Waals surface area contributed by atoms with Gasteiger partial charge in [0.1, 0.15) is 0 Å². The van der Waals surface area contributed by atoms with Gasteiger partial charge in [0.2, 0.25) is 5.88 Å². The van der Waals surface area contributed by atoms with Crippen LogP contribution in [-0.4, -0.2) is 70.7 Å². The number of allylic oxidation sites excluding steroid dienone is 1. The van der Waals surface area contributed by atoms with Crippen molar-refractivity contribution < 1.29 is 14.6 Å². The second-order valence-corrected chi connectivity index (χ2v) is 7.79. The molecule has 0 unspecified atom stereocenters. The number of nitrogens with zero attached hydrogens (tertiary/aromatic N) is 4. The second kappa shape index (κ2) is 10.2. The summed E-state index contributed by atoms with van der Waals surface area (Å²) in [6, 6.07) is 8.83. The minimum Gasteiger partial charge on any atom is -0.493 e. The van der Waals surface area contributed by atoms with E-state index in [1.807, 2.05) is 25.1 Å². The number of anilines is 1. The highest BCUT2D eigenvalue weighted by atomic mass is 16.5. The molecule has 0 saturated carbocycles. The van der Waals surface area contributed by atoms with E-state index >= 15 is 0 Å². The normalized spacial score (nSPS) is 15.5. The van der Waals surface area contributed by atoms with Gasteiger partial charge >= 0.3 is 0 Å². The number of aromatic hydroxyl groups is 1. The van der Waals surface area contributed by atoms with Gasteiger partial charge in [0.15, 0.2) is 5.69 Å². The van der Waals surface area contributed by atoms with Crippen LogP contribution in [0, 0.1) is 0 Å². The third-order valence-corrected chi connectivity index (χ3v) is 5.41. The van der Waals surface area contributed by atoms with Gasteiger partial charge in [-0.15, -0.1) is 0 Å². The first-order valence-corrected chi connectivity index (χ1v) is 10.6. The van der Waals surface area contributed by atoms with Crippen molar-refractivity contribution >= 4 is 34.8 Å². The number of hydrogen-bond acceptors (Lipinski definition) is 7. The molecule has 170 valence electrons. The third-order valence-electron chi connectivity index (χ3n) is 5.41. The molecule has 9 nitrogen and oxygen atoms in total. The summed E-state index contributed by atoms with van der Waals surface area (Å²) in [5.74, 6) is -0.477. The highest BCUT2D eigenvalue weighted by molar-refractivity contribution is 6.11. The lowest BCUT2D eigenvalue weighted by molar-refractivity contribution is 0.0426. The zero-order valence-electron chi connectivity index (χ0n) is 18.4. The number of morpholine rings is 1. The number of nitrogens with one attached hydrogen (secondary N) is 2. The molecular weight excluding hydrogens is 420 g/mol. The van der Waals surface area contributed by atoms with Gasteiger partial charge in [0.05, 0.1) is 30.6 Å². The van der Waals surface area contributed by atoms with Crippen LogP contribution in [0.2, 0.25) is 0 Å². The van der Waals surface area contributed by atoms with Crippen molar-refractivity contribution in [1.82, 2.24) is 20.1 Å². The number of H-pyrrole nitrogens is 1. The molecule has 1 saturated heterocycles. The maximum absolute atomic E-state index is 12.8. The molecule has 4 rings (SSSR count). The lowest BCUT2D eigenvalue weighted by Gasteiger charge is -2.26. The van der Waals surface area contributed by atoms with Gasteiger partial charge in [-0.2, -0.15) is 5.10 Å². The average molecular weight is 447 g/mol. The van der Waals surface area contributed by atoms with Crippen molar-refractivity contribution in [2.75, 3.05) is 38.2 Å². The Labute approximate surface area is 191 Å². The first kappa shape index (κ1) is 22.4. The number of benzene rings is 1. The molecule has 1 fully saturated rings. The van der Waals surface area contributed by atoms with Crippen LogP contribution in [0.25, 0.3) is 16.5 Å². The van der Waals surface area contributed by atoms with Crippen LogP contribution >= 0.6 is 0 Å². The van der Waals surface area contributed by atoms with E-state index in [9.17, 15) is 9.90 Å². The first-order valence-electron chi connectivity index (χ1n) is 10.6. The van der Waals surface area contributed by atoms with Gasteiger partial charge < -0.3 is 15.2 Å². The molecule has 3 aromatic rings. The lowest BCUT2D eigenvalue weighted by Crippen LogP contribution is -2.37. The zero-order valence-corrected chi connectivity index (χ0v) is 18.4. The zero-order chi connectivity index (χ0) is 23.2. The van der Waals surface area contributed by atoms with Gasteiger partial charge in [0, 0.05) is 37.3 Å². The molecule has 33 heavy (non-hydrogen) atoms. The molecule has 3 heterocycles. The monoisotopic (exact) mass is 446 g/mol. The van der Waals surface area contributed by atoms with E-state index < -0.39 is 0 Å². The SMILES string of the molecule is C=N/C=C(\C=C(/C)c1ccc2[nH]nc(C(=O)Nc3ccc(O)nc3)c2c1)CN1CCOCC1. The molecule has 3 N–H and O–H groups in total. The second-order valence-electron chi connectivity index (χ2n) is 7.79. The third kappa shape index (κ3) is 5.51. The van der Waals surface area contributed by atoms with Crippen LogP contribution in [0.3, 0.4) is 0 Å². The van der Waals surface area contributed by atoms with E-state index in [4.69, 9.17) is 4.74 Å². The standard InChI is InChI=1S/C24H26N6O3/c1-16(11-17(13-25-2)15-30-7-9-33-10-8-30)18-3-5-21-20(12-18)23(29-28-21)24(32)27-19-4-6-22(31)26-14-19/h3-6,11-14H,2,7-10,15H2,1H3,(H,26,31)(H,27,32)(H,28,29)/b16-11+,17-13+. The average Bonchev–Trinajstić information content (AvgIpc) is 3.25. The minimum absolute atomic E-state index is 0.112. The lowest BCUT2D eigenvalue weighted by atomic mass is 10.0. The van der Waals surface area contributed by atoms with E-state index in [1.54, 1.807) is 12.3 Å². The number of carbonyl (C=O) groups excluding carboxylic acids is 1.